The number of aliphatic imine (C=N–C) groups is 1. The van der Waals surface area contributed by atoms with Gasteiger partial charge in [-0.25, -0.2) is 0 Å². The monoisotopic (exact) mass is 310 g/mol. The Morgan fingerprint density at radius 2 is 2.33 bits per heavy atom. The van der Waals surface area contributed by atoms with Crippen molar-refractivity contribution in [2.45, 2.75) is 20.0 Å². The van der Waals surface area contributed by atoms with E-state index in [1.165, 1.54) is 0 Å². The van der Waals surface area contributed by atoms with E-state index < -0.39 is 0 Å². The topological polar surface area (TPSA) is 71.5 Å². The van der Waals surface area contributed by atoms with Gasteiger partial charge in [0.05, 0.1) is 18.1 Å². The van der Waals surface area contributed by atoms with E-state index in [1.807, 2.05) is 35.8 Å². The number of guanidine groups is 1. The summed E-state index contributed by atoms with van der Waals surface area (Å²) in [6.07, 6.45) is 1.88. The predicted molar refractivity (Wildman–Crippen MR) is 81.1 cm³/mol. The molecule has 2 aromatic rings. The molecule has 0 saturated carbocycles. The molecule has 0 radical (unpaired) electrons. The molecule has 0 spiro atoms. The molecule has 2 aromatic heterocycles. The minimum Gasteiger partial charge on any atom is -0.351 e. The summed E-state index contributed by atoms with van der Waals surface area (Å²) in [5.74, 6) is 1.89. The number of aryl methyl sites for hydroxylation is 2. The first-order valence-corrected chi connectivity index (χ1v) is 6.89. The van der Waals surface area contributed by atoms with Crippen molar-refractivity contribution in [2.24, 2.45) is 12.0 Å². The molecule has 0 bridgehead atoms. The van der Waals surface area contributed by atoms with Gasteiger partial charge in [-0.15, -0.1) is 0 Å². The second-order valence-corrected chi connectivity index (χ2v) is 5.19. The molecular formula is C13H19ClN6O. The molecule has 0 aliphatic carbocycles. The van der Waals surface area contributed by atoms with Gasteiger partial charge in [0, 0.05) is 33.0 Å². The summed E-state index contributed by atoms with van der Waals surface area (Å²) in [7, 11) is 5.65. The van der Waals surface area contributed by atoms with Crippen molar-refractivity contribution in [3.8, 4) is 0 Å². The lowest BCUT2D eigenvalue weighted by Crippen LogP contribution is -2.38. The third kappa shape index (κ3) is 3.98. The highest BCUT2D eigenvalue weighted by Crippen LogP contribution is 2.14. The third-order valence-corrected chi connectivity index (χ3v) is 3.22. The minimum absolute atomic E-state index is 0.436. The smallest absolute Gasteiger partial charge is 0.246 e. The van der Waals surface area contributed by atoms with E-state index in [0.717, 1.165) is 16.7 Å². The molecule has 21 heavy (non-hydrogen) atoms. The fourth-order valence-corrected chi connectivity index (χ4v) is 2.26. The van der Waals surface area contributed by atoms with Crippen LogP contribution in [0.5, 0.6) is 0 Å². The normalized spacial score (nSPS) is 11.8. The highest BCUT2D eigenvalue weighted by Gasteiger charge is 2.11. The quantitative estimate of drug-likeness (QED) is 0.685. The van der Waals surface area contributed by atoms with Crippen LogP contribution in [0.4, 0.5) is 0 Å². The lowest BCUT2D eigenvalue weighted by atomic mass is 10.4. The number of nitrogens with zero attached hydrogens (tertiary/aromatic N) is 5. The Morgan fingerprint density at radius 1 is 1.57 bits per heavy atom. The van der Waals surface area contributed by atoms with Gasteiger partial charge in [-0.2, -0.15) is 4.98 Å². The van der Waals surface area contributed by atoms with Gasteiger partial charge >= 0.3 is 0 Å². The lowest BCUT2D eigenvalue weighted by molar-refractivity contribution is 0.367. The van der Waals surface area contributed by atoms with Crippen molar-refractivity contribution in [1.82, 2.24) is 24.9 Å². The molecule has 2 rings (SSSR count). The average molecular weight is 311 g/mol. The zero-order valence-electron chi connectivity index (χ0n) is 12.6. The Morgan fingerprint density at radius 3 is 2.86 bits per heavy atom. The Hall–Kier alpha value is -2.02. The summed E-state index contributed by atoms with van der Waals surface area (Å²) < 4.78 is 7.05. The fraction of sp³-hybridized carbons (Fsp3) is 0.462. The van der Waals surface area contributed by atoms with Crippen LogP contribution in [-0.4, -0.2) is 39.7 Å². The van der Waals surface area contributed by atoms with Crippen LogP contribution in [0.25, 0.3) is 0 Å². The van der Waals surface area contributed by atoms with Crippen LogP contribution in [-0.2, 0) is 20.1 Å². The van der Waals surface area contributed by atoms with E-state index in [0.29, 0.717) is 24.8 Å². The molecule has 114 valence electrons. The van der Waals surface area contributed by atoms with Gasteiger partial charge in [0.2, 0.25) is 5.89 Å². The van der Waals surface area contributed by atoms with Crippen LogP contribution in [0.15, 0.2) is 21.8 Å². The van der Waals surface area contributed by atoms with E-state index in [4.69, 9.17) is 16.1 Å². The molecule has 8 heteroatoms. The number of nitrogens with one attached hydrogen (secondary N) is 1. The van der Waals surface area contributed by atoms with Gasteiger partial charge in [-0.3, -0.25) is 4.99 Å². The van der Waals surface area contributed by atoms with Gasteiger partial charge in [0.15, 0.2) is 11.8 Å². The van der Waals surface area contributed by atoms with E-state index in [-0.39, 0.29) is 0 Å². The van der Waals surface area contributed by atoms with Gasteiger partial charge in [-0.1, -0.05) is 16.8 Å². The molecule has 0 atom stereocenters. The molecule has 2 heterocycles. The minimum atomic E-state index is 0.436. The number of hydrogen-bond donors (Lipinski definition) is 1. The van der Waals surface area contributed by atoms with Crippen molar-refractivity contribution < 1.29 is 4.52 Å². The van der Waals surface area contributed by atoms with Crippen LogP contribution in [0, 0.1) is 6.92 Å². The van der Waals surface area contributed by atoms with E-state index >= 15 is 0 Å². The summed E-state index contributed by atoms with van der Waals surface area (Å²) in [6.45, 7) is 2.91. The Bertz CT molecular complexity index is 632. The van der Waals surface area contributed by atoms with E-state index in [1.54, 1.807) is 14.0 Å². The van der Waals surface area contributed by atoms with Crippen molar-refractivity contribution in [1.29, 1.82) is 0 Å². The summed E-state index contributed by atoms with van der Waals surface area (Å²) in [5, 5.41) is 7.66. The van der Waals surface area contributed by atoms with Crippen molar-refractivity contribution >= 4 is 17.6 Å². The Balaban J connectivity index is 1.95. The fourth-order valence-electron chi connectivity index (χ4n) is 1.99. The second kappa shape index (κ2) is 6.62. The second-order valence-electron chi connectivity index (χ2n) is 4.75. The first-order chi connectivity index (χ1) is 9.99. The largest absolute Gasteiger partial charge is 0.351 e. The number of rotatable bonds is 4. The van der Waals surface area contributed by atoms with Gasteiger partial charge in [-0.05, 0) is 13.0 Å². The van der Waals surface area contributed by atoms with Crippen molar-refractivity contribution in [2.75, 3.05) is 14.1 Å². The summed E-state index contributed by atoms with van der Waals surface area (Å²) in [6, 6.07) is 1.94. The highest BCUT2D eigenvalue weighted by molar-refractivity contribution is 6.30. The lowest BCUT2D eigenvalue weighted by Gasteiger charge is -2.21. The van der Waals surface area contributed by atoms with Gasteiger partial charge in [0.1, 0.15) is 0 Å². The van der Waals surface area contributed by atoms with Crippen LogP contribution >= 0.6 is 11.6 Å². The summed E-state index contributed by atoms with van der Waals surface area (Å²) in [4.78, 5) is 10.4. The molecule has 0 unspecified atom stereocenters. The Labute approximate surface area is 128 Å². The summed E-state index contributed by atoms with van der Waals surface area (Å²) in [5.41, 5.74) is 1.10. The first-order valence-electron chi connectivity index (χ1n) is 6.51. The predicted octanol–water partition coefficient (Wildman–Crippen LogP) is 1.58. The van der Waals surface area contributed by atoms with Crippen LogP contribution < -0.4 is 5.32 Å². The number of halogens is 1. The molecule has 1 N–H and O–H groups in total. The van der Waals surface area contributed by atoms with E-state index in [2.05, 4.69) is 20.4 Å². The van der Waals surface area contributed by atoms with Crippen LogP contribution in [0.2, 0.25) is 5.02 Å². The molecule has 7 nitrogen and oxygen atoms in total. The molecule has 0 amide bonds. The number of hydrogen-bond acceptors (Lipinski definition) is 4. The SMILES string of the molecule is CN=C(NCc1nc(C)no1)N(C)Cc1cc(Cl)cn1C. The molecule has 0 fully saturated rings. The standard InChI is InChI=1S/C13H19ClN6O/c1-9-17-12(21-18-9)6-16-13(15-2)20(4)8-11-5-10(14)7-19(11)3/h5,7H,6,8H2,1-4H3,(H,15,16). The maximum atomic E-state index is 5.99. The molecule has 0 aromatic carbocycles. The van der Waals surface area contributed by atoms with Crippen LogP contribution in [0.1, 0.15) is 17.4 Å². The van der Waals surface area contributed by atoms with E-state index in [9.17, 15) is 0 Å². The first kappa shape index (κ1) is 15.4. The van der Waals surface area contributed by atoms with Crippen LogP contribution in [0.3, 0.4) is 0 Å². The highest BCUT2D eigenvalue weighted by atomic mass is 35.5. The zero-order chi connectivity index (χ0) is 15.4. The van der Waals surface area contributed by atoms with Crippen molar-refractivity contribution in [3.63, 3.8) is 0 Å². The Kier molecular flexibility index (Phi) is 4.85. The molecule has 0 aliphatic heterocycles. The zero-order valence-corrected chi connectivity index (χ0v) is 13.3. The molecule has 0 saturated heterocycles. The summed E-state index contributed by atoms with van der Waals surface area (Å²) >= 11 is 5.99. The van der Waals surface area contributed by atoms with Crippen molar-refractivity contribution in [3.05, 3.63) is 34.7 Å². The maximum absolute atomic E-state index is 5.99. The molecular weight excluding hydrogens is 292 g/mol. The average Bonchev–Trinajstić information content (AvgIpc) is 2.96. The maximum Gasteiger partial charge on any atom is 0.246 e. The van der Waals surface area contributed by atoms with Gasteiger partial charge in [0.25, 0.3) is 0 Å². The molecule has 0 aliphatic rings. The number of aromatic nitrogens is 3. The third-order valence-electron chi connectivity index (χ3n) is 3.01. The van der Waals surface area contributed by atoms with Gasteiger partial charge < -0.3 is 19.3 Å².